The zero-order valence-electron chi connectivity index (χ0n) is 11.7. The third-order valence-electron chi connectivity index (χ3n) is 3.39. The zero-order valence-corrected chi connectivity index (χ0v) is 13.2. The molecule has 3 rings (SSSR count). The molecule has 0 aliphatic carbocycles. The number of hydrogen-bond donors (Lipinski definition) is 0. The topological polar surface area (TPSA) is 27.1 Å². The summed E-state index contributed by atoms with van der Waals surface area (Å²) in [5, 5.41) is 0.628. The van der Waals surface area contributed by atoms with Gasteiger partial charge < -0.3 is 4.74 Å². The first-order valence-electron chi connectivity index (χ1n) is 6.52. The molecule has 3 aromatic rings. The van der Waals surface area contributed by atoms with Gasteiger partial charge in [-0.3, -0.25) is 4.57 Å². The van der Waals surface area contributed by atoms with E-state index < -0.39 is 0 Å². The molecule has 0 unspecified atom stereocenters. The van der Waals surface area contributed by atoms with E-state index in [2.05, 4.69) is 11.1 Å². The number of aromatic nitrogens is 2. The zero-order chi connectivity index (χ0) is 15.0. The molecule has 2 aromatic carbocycles. The van der Waals surface area contributed by atoms with Gasteiger partial charge in [0.05, 0.1) is 34.7 Å². The van der Waals surface area contributed by atoms with Gasteiger partial charge in [0.25, 0.3) is 0 Å². The smallest absolute Gasteiger partial charge is 0.129 e. The van der Waals surface area contributed by atoms with E-state index in [-0.39, 0.29) is 0 Å². The number of nitrogens with zero attached hydrogens (tertiary/aromatic N) is 2. The van der Waals surface area contributed by atoms with E-state index in [1.165, 1.54) is 0 Å². The highest BCUT2D eigenvalue weighted by molar-refractivity contribution is 6.32. The van der Waals surface area contributed by atoms with Gasteiger partial charge in [-0.15, -0.1) is 11.6 Å². The van der Waals surface area contributed by atoms with Gasteiger partial charge in [-0.1, -0.05) is 17.7 Å². The minimum absolute atomic E-state index is 0.307. The van der Waals surface area contributed by atoms with E-state index >= 15 is 0 Å². The number of methoxy groups -OCH3 is 1. The molecule has 0 aliphatic rings. The molecule has 0 aliphatic heterocycles. The highest BCUT2D eigenvalue weighted by atomic mass is 35.5. The van der Waals surface area contributed by atoms with Crippen molar-refractivity contribution in [3.63, 3.8) is 0 Å². The van der Waals surface area contributed by atoms with Gasteiger partial charge in [0, 0.05) is 6.07 Å². The number of ether oxygens (including phenoxy) is 1. The molecule has 1 heterocycles. The summed E-state index contributed by atoms with van der Waals surface area (Å²) in [7, 11) is 1.63. The van der Waals surface area contributed by atoms with Crippen LogP contribution in [0.25, 0.3) is 16.7 Å². The minimum atomic E-state index is 0.307. The second-order valence-corrected chi connectivity index (χ2v) is 5.48. The van der Waals surface area contributed by atoms with Crippen molar-refractivity contribution in [3.8, 4) is 11.4 Å². The lowest BCUT2D eigenvalue weighted by Crippen LogP contribution is -2.01. The van der Waals surface area contributed by atoms with Crippen LogP contribution < -0.4 is 4.74 Å². The Morgan fingerprint density at radius 3 is 2.71 bits per heavy atom. The number of rotatable bonds is 3. The molecule has 1 aromatic heterocycles. The van der Waals surface area contributed by atoms with Gasteiger partial charge >= 0.3 is 0 Å². The van der Waals surface area contributed by atoms with Crippen molar-refractivity contribution in [2.24, 2.45) is 0 Å². The fraction of sp³-hybridized carbons (Fsp3) is 0.188. The monoisotopic (exact) mass is 320 g/mol. The van der Waals surface area contributed by atoms with Gasteiger partial charge in [0.1, 0.15) is 11.6 Å². The molecule has 0 fully saturated rings. The molecule has 0 amide bonds. The second-order valence-electron chi connectivity index (χ2n) is 4.81. The summed E-state index contributed by atoms with van der Waals surface area (Å²) in [6, 6.07) is 11.6. The Hall–Kier alpha value is -1.71. The first-order chi connectivity index (χ1) is 10.1. The number of benzene rings is 2. The summed E-state index contributed by atoms with van der Waals surface area (Å²) in [5.74, 6) is 1.80. The van der Waals surface area contributed by atoms with Crippen LogP contribution in [0, 0.1) is 6.92 Å². The summed E-state index contributed by atoms with van der Waals surface area (Å²) < 4.78 is 7.28. The molecule has 5 heteroatoms. The average molecular weight is 321 g/mol. The van der Waals surface area contributed by atoms with Crippen molar-refractivity contribution in [2.75, 3.05) is 7.11 Å². The molecule has 0 N–H and O–H groups in total. The highest BCUT2D eigenvalue weighted by Gasteiger charge is 2.15. The van der Waals surface area contributed by atoms with Gasteiger partial charge in [0.2, 0.25) is 0 Å². The molecule has 21 heavy (non-hydrogen) atoms. The van der Waals surface area contributed by atoms with Crippen molar-refractivity contribution < 1.29 is 4.74 Å². The molecule has 0 radical (unpaired) electrons. The summed E-state index contributed by atoms with van der Waals surface area (Å²) in [6.07, 6.45) is 0. The lowest BCUT2D eigenvalue weighted by molar-refractivity contribution is 0.414. The summed E-state index contributed by atoms with van der Waals surface area (Å²) >= 11 is 12.4. The normalized spacial score (nSPS) is 11.0. The van der Waals surface area contributed by atoms with Crippen molar-refractivity contribution in [1.82, 2.24) is 9.55 Å². The lowest BCUT2D eigenvalue weighted by atomic mass is 10.2. The van der Waals surface area contributed by atoms with Crippen LogP contribution in [0.2, 0.25) is 5.02 Å². The molecule has 108 valence electrons. The van der Waals surface area contributed by atoms with E-state index in [0.29, 0.717) is 10.9 Å². The predicted octanol–water partition coefficient (Wildman–Crippen LogP) is 4.73. The maximum atomic E-state index is 6.37. The standard InChI is InChI=1S/C16H14Cl2N2O/c1-10-3-6-13-15(7-10)20(16(9-17)19-13)14-8-11(21-2)4-5-12(14)18/h3-8H,9H2,1-2H3. The fourth-order valence-electron chi connectivity index (χ4n) is 2.38. The van der Waals surface area contributed by atoms with Crippen LogP contribution in [-0.2, 0) is 5.88 Å². The van der Waals surface area contributed by atoms with Crippen LogP contribution in [0.15, 0.2) is 36.4 Å². The highest BCUT2D eigenvalue weighted by Crippen LogP contribution is 2.31. The number of imidazole rings is 1. The average Bonchev–Trinajstić information content (AvgIpc) is 2.85. The molecular formula is C16H14Cl2N2O. The summed E-state index contributed by atoms with van der Waals surface area (Å²) in [6.45, 7) is 2.05. The van der Waals surface area contributed by atoms with Crippen molar-refractivity contribution >= 4 is 34.2 Å². The summed E-state index contributed by atoms with van der Waals surface area (Å²) in [4.78, 5) is 4.58. The summed E-state index contributed by atoms with van der Waals surface area (Å²) in [5.41, 5.74) is 3.86. The van der Waals surface area contributed by atoms with E-state index in [9.17, 15) is 0 Å². The molecule has 0 saturated carbocycles. The van der Waals surface area contributed by atoms with Gasteiger partial charge in [0.15, 0.2) is 0 Å². The first-order valence-corrected chi connectivity index (χ1v) is 7.43. The fourth-order valence-corrected chi connectivity index (χ4v) is 2.77. The molecule has 3 nitrogen and oxygen atoms in total. The third kappa shape index (κ3) is 2.47. The maximum absolute atomic E-state index is 6.37. The number of fused-ring (bicyclic) bond motifs is 1. The Morgan fingerprint density at radius 2 is 2.00 bits per heavy atom. The molecule has 0 bridgehead atoms. The van der Waals surface area contributed by atoms with Crippen LogP contribution in [0.4, 0.5) is 0 Å². The Balaban J connectivity index is 2.35. The van der Waals surface area contributed by atoms with Crippen LogP contribution >= 0.6 is 23.2 Å². The van der Waals surface area contributed by atoms with E-state index in [0.717, 1.165) is 33.9 Å². The minimum Gasteiger partial charge on any atom is -0.497 e. The van der Waals surface area contributed by atoms with E-state index in [4.69, 9.17) is 27.9 Å². The lowest BCUT2D eigenvalue weighted by Gasteiger charge is -2.12. The van der Waals surface area contributed by atoms with Crippen LogP contribution in [0.5, 0.6) is 5.75 Å². The van der Waals surface area contributed by atoms with Crippen molar-refractivity contribution in [1.29, 1.82) is 0 Å². The molecule has 0 atom stereocenters. The van der Waals surface area contributed by atoms with E-state index in [1.807, 2.05) is 41.8 Å². The number of alkyl halides is 1. The third-order valence-corrected chi connectivity index (χ3v) is 3.95. The van der Waals surface area contributed by atoms with Crippen molar-refractivity contribution in [2.45, 2.75) is 12.8 Å². The Labute approximate surface area is 133 Å². The maximum Gasteiger partial charge on any atom is 0.129 e. The van der Waals surface area contributed by atoms with Gasteiger partial charge in [-0.25, -0.2) is 4.98 Å². The quantitative estimate of drug-likeness (QED) is 0.652. The Bertz CT molecular complexity index is 811. The van der Waals surface area contributed by atoms with Crippen LogP contribution in [-0.4, -0.2) is 16.7 Å². The number of aryl methyl sites for hydroxylation is 1. The van der Waals surface area contributed by atoms with E-state index in [1.54, 1.807) is 7.11 Å². The Kier molecular flexibility index (Phi) is 3.79. The molecule has 0 spiro atoms. The van der Waals surface area contributed by atoms with Crippen molar-refractivity contribution in [3.05, 3.63) is 52.8 Å². The first kappa shape index (κ1) is 14.2. The SMILES string of the molecule is COc1ccc(Cl)c(-n2c(CCl)nc3ccc(C)cc32)c1. The van der Waals surface area contributed by atoms with Crippen LogP contribution in [0.1, 0.15) is 11.4 Å². The molecule has 0 saturated heterocycles. The predicted molar refractivity (Wildman–Crippen MR) is 86.9 cm³/mol. The number of halogens is 2. The Morgan fingerprint density at radius 1 is 1.19 bits per heavy atom. The molecular weight excluding hydrogens is 307 g/mol. The second kappa shape index (κ2) is 5.58. The van der Waals surface area contributed by atoms with Gasteiger partial charge in [-0.05, 0) is 36.8 Å². The largest absolute Gasteiger partial charge is 0.497 e. The van der Waals surface area contributed by atoms with Gasteiger partial charge in [-0.2, -0.15) is 0 Å². The van der Waals surface area contributed by atoms with Crippen LogP contribution in [0.3, 0.4) is 0 Å². The number of hydrogen-bond acceptors (Lipinski definition) is 2.